The van der Waals surface area contributed by atoms with E-state index in [-0.39, 0.29) is 23.4 Å². The van der Waals surface area contributed by atoms with E-state index in [1.807, 2.05) is 16.7 Å². The van der Waals surface area contributed by atoms with Crippen LogP contribution in [0, 0.1) is 5.92 Å². The number of thioether (sulfide) groups is 1. The van der Waals surface area contributed by atoms with E-state index in [4.69, 9.17) is 0 Å². The molecular weight excluding hydrogens is 340 g/mol. The monoisotopic (exact) mass is 364 g/mol. The highest BCUT2D eigenvalue weighted by atomic mass is 32.2. The van der Waals surface area contributed by atoms with Gasteiger partial charge in [0, 0.05) is 49.0 Å². The van der Waals surface area contributed by atoms with Crippen molar-refractivity contribution in [3.8, 4) is 0 Å². The minimum atomic E-state index is 0.128. The third-order valence-electron chi connectivity index (χ3n) is 5.20. The Bertz CT molecular complexity index is 670. The fourth-order valence-electron chi connectivity index (χ4n) is 3.70. The third kappa shape index (κ3) is 2.76. The van der Waals surface area contributed by atoms with Crippen molar-refractivity contribution < 1.29 is 4.79 Å². The van der Waals surface area contributed by atoms with Crippen LogP contribution in [-0.2, 0) is 4.79 Å². The predicted molar refractivity (Wildman–Crippen MR) is 99.8 cm³/mol. The van der Waals surface area contributed by atoms with Crippen molar-refractivity contribution in [1.82, 2.24) is 15.2 Å². The molecule has 7 heteroatoms. The highest BCUT2D eigenvalue weighted by molar-refractivity contribution is 8.01. The Morgan fingerprint density at radius 2 is 2.04 bits per heavy atom. The Morgan fingerprint density at radius 1 is 1.29 bits per heavy atom. The van der Waals surface area contributed by atoms with Gasteiger partial charge in [0.2, 0.25) is 0 Å². The summed E-state index contributed by atoms with van der Waals surface area (Å²) in [5, 5.41) is 6.59. The maximum Gasteiger partial charge on any atom is 0.270 e. The van der Waals surface area contributed by atoms with E-state index in [9.17, 15) is 4.79 Å². The number of fused-ring (bicyclic) bond motifs is 3. The lowest BCUT2D eigenvalue weighted by atomic mass is 9.92. The molecule has 24 heavy (non-hydrogen) atoms. The van der Waals surface area contributed by atoms with Crippen LogP contribution in [-0.4, -0.2) is 58.9 Å². The van der Waals surface area contributed by atoms with Gasteiger partial charge in [0.15, 0.2) is 0 Å². The smallest absolute Gasteiger partial charge is 0.270 e. The second-order valence-electron chi connectivity index (χ2n) is 7.63. The predicted octanol–water partition coefficient (Wildman–Crippen LogP) is 2.41. The first-order valence-corrected chi connectivity index (χ1v) is 10.4. The molecule has 0 aliphatic carbocycles. The summed E-state index contributed by atoms with van der Waals surface area (Å²) < 4.78 is 1.37. The normalized spacial score (nSPS) is 27.3. The minimum absolute atomic E-state index is 0.128. The Hall–Kier alpha value is -1.05. The van der Waals surface area contributed by atoms with Gasteiger partial charge in [-0.25, -0.2) is 0 Å². The van der Waals surface area contributed by atoms with E-state index in [1.165, 1.54) is 9.77 Å². The minimum Gasteiger partial charge on any atom is -0.335 e. The van der Waals surface area contributed by atoms with Gasteiger partial charge >= 0.3 is 0 Å². The lowest BCUT2D eigenvalue weighted by Crippen LogP contribution is -2.56. The lowest BCUT2D eigenvalue weighted by Gasteiger charge is -2.42. The average Bonchev–Trinajstić information content (AvgIpc) is 3.19. The molecule has 4 heterocycles. The van der Waals surface area contributed by atoms with Crippen molar-refractivity contribution in [2.75, 3.05) is 31.9 Å². The van der Waals surface area contributed by atoms with E-state index < -0.39 is 0 Å². The summed E-state index contributed by atoms with van der Waals surface area (Å²) in [7, 11) is 0. The molecule has 130 valence electrons. The Kier molecular flexibility index (Phi) is 4.13. The molecule has 0 saturated carbocycles. The summed E-state index contributed by atoms with van der Waals surface area (Å²) in [5.41, 5.74) is 5.44. The number of rotatable bonds is 1. The zero-order valence-electron chi connectivity index (χ0n) is 14.4. The van der Waals surface area contributed by atoms with Crippen molar-refractivity contribution in [3.63, 3.8) is 0 Å². The van der Waals surface area contributed by atoms with E-state index in [0.29, 0.717) is 0 Å². The van der Waals surface area contributed by atoms with Gasteiger partial charge in [-0.05, 0) is 32.2 Å². The highest BCUT2D eigenvalue weighted by Crippen LogP contribution is 2.45. The maximum absolute atomic E-state index is 13.0. The molecule has 3 aliphatic rings. The second kappa shape index (κ2) is 6.04. The Balaban J connectivity index is 1.44. The van der Waals surface area contributed by atoms with Crippen LogP contribution in [0.4, 0.5) is 0 Å². The Labute approximate surface area is 151 Å². The second-order valence-corrected chi connectivity index (χ2v) is 9.84. The first-order valence-electron chi connectivity index (χ1n) is 8.53. The van der Waals surface area contributed by atoms with Crippen molar-refractivity contribution in [2.45, 2.75) is 36.6 Å². The van der Waals surface area contributed by atoms with Gasteiger partial charge in [-0.2, -0.15) is 5.10 Å². The van der Waals surface area contributed by atoms with Crippen molar-refractivity contribution in [2.24, 2.45) is 11.0 Å². The van der Waals surface area contributed by atoms with E-state index in [1.54, 1.807) is 11.3 Å². The Morgan fingerprint density at radius 3 is 2.75 bits per heavy atom. The maximum atomic E-state index is 13.0. The molecule has 1 aromatic rings. The zero-order chi connectivity index (χ0) is 16.9. The molecular formula is C17H24N4OS2. The molecule has 4 rings (SSSR count). The van der Waals surface area contributed by atoms with Gasteiger partial charge in [0.25, 0.3) is 5.91 Å². The van der Waals surface area contributed by atoms with Gasteiger partial charge < -0.3 is 10.3 Å². The zero-order valence-corrected chi connectivity index (χ0v) is 16.0. The quantitative estimate of drug-likeness (QED) is 0.831. The molecule has 0 aromatic carbocycles. The van der Waals surface area contributed by atoms with E-state index in [2.05, 4.69) is 47.6 Å². The number of hydrogen-bond acceptors (Lipinski definition) is 6. The third-order valence-corrected chi connectivity index (χ3v) is 7.59. The number of amides is 1. The number of nitrogens with one attached hydrogen (secondary N) is 1. The van der Waals surface area contributed by atoms with Gasteiger partial charge in [0.05, 0.1) is 10.3 Å². The number of nitrogens with zero attached hydrogens (tertiary/aromatic N) is 3. The molecule has 0 spiro atoms. The molecule has 1 fully saturated rings. The van der Waals surface area contributed by atoms with Crippen LogP contribution in [0.25, 0.3) is 0 Å². The van der Waals surface area contributed by atoms with E-state index in [0.717, 1.165) is 37.6 Å². The summed E-state index contributed by atoms with van der Waals surface area (Å²) in [6, 6.07) is 2.35. The molecule has 2 atom stereocenters. The number of piperazine rings is 1. The molecule has 1 aromatic heterocycles. The van der Waals surface area contributed by atoms with Gasteiger partial charge in [-0.3, -0.25) is 9.69 Å². The summed E-state index contributed by atoms with van der Waals surface area (Å²) >= 11 is 3.65. The molecule has 2 unspecified atom stereocenters. The number of thiophene rings is 1. The van der Waals surface area contributed by atoms with Crippen LogP contribution in [0.2, 0.25) is 0 Å². The molecule has 5 nitrogen and oxygen atoms in total. The first kappa shape index (κ1) is 16.4. The fraction of sp³-hybridized carbons (Fsp3) is 0.647. The van der Waals surface area contributed by atoms with Crippen LogP contribution < -0.4 is 5.43 Å². The number of carbonyl (C=O) groups is 1. The van der Waals surface area contributed by atoms with Crippen molar-refractivity contribution >= 4 is 34.7 Å². The number of hydrazone groups is 1. The summed E-state index contributed by atoms with van der Waals surface area (Å²) in [4.78, 5) is 17.4. The van der Waals surface area contributed by atoms with Crippen molar-refractivity contribution in [1.29, 1.82) is 0 Å². The number of carbonyl (C=O) groups excluding carboxylic acids is 1. The molecule has 1 saturated heterocycles. The fourth-order valence-corrected chi connectivity index (χ4v) is 6.05. The molecule has 0 bridgehead atoms. The van der Waals surface area contributed by atoms with Crippen LogP contribution in [0.5, 0.6) is 0 Å². The number of hydrogen-bond donors (Lipinski definition) is 1. The molecule has 3 aliphatic heterocycles. The van der Waals surface area contributed by atoms with Crippen LogP contribution in [0.15, 0.2) is 20.8 Å². The van der Waals surface area contributed by atoms with Crippen molar-refractivity contribution in [3.05, 3.63) is 17.0 Å². The molecule has 1 N–H and O–H groups in total. The average molecular weight is 365 g/mol. The standard InChI is InChI=1S/C17H24N4OS2/c1-17(2,3)21-7-5-20(6-8-21)15(22)14-12-10-24-16-11(4-9-23-16)13(12)18-19-14/h4,9,12-13,18H,5-8,10H2,1-3H3. The van der Waals surface area contributed by atoms with E-state index >= 15 is 0 Å². The highest BCUT2D eigenvalue weighted by Gasteiger charge is 2.42. The summed E-state index contributed by atoms with van der Waals surface area (Å²) in [6.45, 7) is 10.2. The lowest BCUT2D eigenvalue weighted by molar-refractivity contribution is -0.126. The topological polar surface area (TPSA) is 47.9 Å². The SMILES string of the molecule is CC(C)(C)N1CCN(C(=O)C2=NNC3c4ccsc4SCC23)CC1. The largest absolute Gasteiger partial charge is 0.335 e. The molecule has 0 radical (unpaired) electrons. The molecule has 1 amide bonds. The van der Waals surface area contributed by atoms with Crippen LogP contribution in [0.1, 0.15) is 32.4 Å². The van der Waals surface area contributed by atoms with Gasteiger partial charge in [-0.1, -0.05) is 0 Å². The van der Waals surface area contributed by atoms with Crippen LogP contribution in [0.3, 0.4) is 0 Å². The van der Waals surface area contributed by atoms with Gasteiger partial charge in [-0.15, -0.1) is 23.1 Å². The van der Waals surface area contributed by atoms with Crippen LogP contribution >= 0.6 is 23.1 Å². The first-order chi connectivity index (χ1) is 11.4. The summed E-state index contributed by atoms with van der Waals surface area (Å²) in [6.07, 6.45) is 0. The summed E-state index contributed by atoms with van der Waals surface area (Å²) in [5.74, 6) is 1.27. The van der Waals surface area contributed by atoms with Gasteiger partial charge in [0.1, 0.15) is 5.71 Å².